The average molecular weight is 742 g/mol. The molecule has 43 heavy (non-hydrogen) atoms. The van der Waals surface area contributed by atoms with E-state index in [1.807, 2.05) is 84.4 Å². The fraction of sp³-hybridized carbons (Fsp3) is 0.0833. The molecular formula is C36H28N5OPt-3. The number of rotatable bonds is 7. The van der Waals surface area contributed by atoms with Crippen molar-refractivity contribution in [2.45, 2.75) is 12.3 Å². The molecule has 6 nitrogen and oxygen atoms in total. The summed E-state index contributed by atoms with van der Waals surface area (Å²) in [6, 6.07) is 39.0. The summed E-state index contributed by atoms with van der Waals surface area (Å²) in [5.74, 6) is 2.22. The van der Waals surface area contributed by atoms with Crippen LogP contribution in [-0.4, -0.2) is 15.9 Å². The number of nitrogens with zero attached hydrogens (tertiary/aromatic N) is 5. The number of hydrazone groups is 1. The zero-order valence-corrected chi connectivity index (χ0v) is 25.7. The molecule has 4 aromatic carbocycles. The van der Waals surface area contributed by atoms with Crippen LogP contribution in [0.5, 0.6) is 11.5 Å². The summed E-state index contributed by atoms with van der Waals surface area (Å²) < 4.78 is 8.42. The molecule has 0 spiro atoms. The molecule has 216 valence electrons. The molecule has 0 saturated carbocycles. The van der Waals surface area contributed by atoms with Gasteiger partial charge in [0.05, 0.1) is 23.6 Å². The molecule has 1 aliphatic carbocycles. The Bertz CT molecular complexity index is 1800. The molecule has 2 heterocycles. The van der Waals surface area contributed by atoms with Gasteiger partial charge in [0.2, 0.25) is 0 Å². The van der Waals surface area contributed by atoms with Gasteiger partial charge in [-0.15, -0.1) is 48.6 Å². The number of allylic oxidation sites excluding steroid dienone is 4. The Morgan fingerprint density at radius 3 is 2.35 bits per heavy atom. The monoisotopic (exact) mass is 741 g/mol. The molecular weight excluding hydrogens is 714 g/mol. The number of anilines is 2. The number of benzene rings is 4. The molecule has 5 aromatic rings. The van der Waals surface area contributed by atoms with E-state index in [0.29, 0.717) is 11.5 Å². The standard InChI is InChI=1S/C36H28N5O.Pt/c1-39-35(28-15-7-3-8-16-28)34(27-13-5-2-6-14-27)38-36(39)29-17-11-21-32(23-29)42-33-22-12-20-31(24-33)41-26-40(25-37-41)30-18-9-4-10-19-30;/h2-13,15-22,25-27H,14H2,1H3;/q-3;/t27-;/m1./s1. The smallest absolute Gasteiger partial charge is 0.0848 e. The number of ether oxygens (including phenoxy) is 1. The van der Waals surface area contributed by atoms with Crippen molar-refractivity contribution in [1.29, 1.82) is 0 Å². The summed E-state index contributed by atoms with van der Waals surface area (Å²) in [7, 11) is 2.07. The summed E-state index contributed by atoms with van der Waals surface area (Å²) in [5.41, 5.74) is 5.99. The van der Waals surface area contributed by atoms with Crippen LogP contribution in [0.4, 0.5) is 11.4 Å². The van der Waals surface area contributed by atoms with Gasteiger partial charge in [-0.05, 0) is 24.1 Å². The molecule has 0 amide bonds. The normalized spacial score (nSPS) is 15.5. The summed E-state index contributed by atoms with van der Waals surface area (Å²) in [6.07, 6.45) is 11.3. The van der Waals surface area contributed by atoms with Crippen molar-refractivity contribution in [3.8, 4) is 34.1 Å². The number of hydrogen-bond acceptors (Lipinski definition) is 5. The molecule has 0 bridgehead atoms. The van der Waals surface area contributed by atoms with Crippen LogP contribution < -0.4 is 14.6 Å². The molecule has 0 unspecified atom stereocenters. The van der Waals surface area contributed by atoms with E-state index < -0.39 is 0 Å². The fourth-order valence-electron chi connectivity index (χ4n) is 5.27. The second kappa shape index (κ2) is 12.7. The van der Waals surface area contributed by atoms with E-state index in [9.17, 15) is 0 Å². The van der Waals surface area contributed by atoms with Crippen LogP contribution in [0.1, 0.15) is 18.0 Å². The first-order chi connectivity index (χ1) is 20.7. The third-order valence-electron chi connectivity index (χ3n) is 7.32. The minimum atomic E-state index is 0. The summed E-state index contributed by atoms with van der Waals surface area (Å²) in [6.45, 7) is 1.91. The number of aromatic nitrogens is 2. The van der Waals surface area contributed by atoms with Crippen molar-refractivity contribution < 1.29 is 25.8 Å². The Kier molecular flexibility index (Phi) is 8.39. The minimum Gasteiger partial charge on any atom is -0.503 e. The van der Waals surface area contributed by atoms with Crippen molar-refractivity contribution in [3.05, 3.63) is 146 Å². The zero-order valence-electron chi connectivity index (χ0n) is 23.4. The van der Waals surface area contributed by atoms with E-state index in [-0.39, 0.29) is 27.0 Å². The number of hydrogen-bond donors (Lipinski definition) is 0. The van der Waals surface area contributed by atoms with Crippen LogP contribution in [0, 0.1) is 18.8 Å². The van der Waals surface area contributed by atoms with Gasteiger partial charge in [-0.2, -0.15) is 11.2 Å². The maximum Gasteiger partial charge on any atom is 0.0848 e. The first-order valence-electron chi connectivity index (χ1n) is 13.9. The molecule has 2 aliphatic rings. The summed E-state index contributed by atoms with van der Waals surface area (Å²) in [4.78, 5) is 7.14. The first-order valence-corrected chi connectivity index (χ1v) is 13.9. The Hall–Kier alpha value is -4.67. The Morgan fingerprint density at radius 2 is 1.58 bits per heavy atom. The van der Waals surface area contributed by atoms with Crippen molar-refractivity contribution in [2.75, 3.05) is 9.91 Å². The Labute approximate surface area is 266 Å². The predicted octanol–water partition coefficient (Wildman–Crippen LogP) is 8.13. The van der Waals surface area contributed by atoms with Gasteiger partial charge < -0.3 is 19.2 Å². The second-order valence-electron chi connectivity index (χ2n) is 10.1. The molecule has 7 rings (SSSR count). The van der Waals surface area contributed by atoms with Gasteiger partial charge in [-0.25, -0.2) is 0 Å². The SMILES string of the molecule is Cn1c(-c2[c-]c(Oc3[c-]c(N4[CH-]N(c5ccccc5)C=N4)ccc3)ccc2)nc([C@@H]2C=CC=CC2)c1-c1ccccc1.[Pt]. The van der Waals surface area contributed by atoms with Crippen LogP contribution in [0.25, 0.3) is 22.6 Å². The van der Waals surface area contributed by atoms with Crippen LogP contribution in [-0.2, 0) is 28.1 Å². The van der Waals surface area contributed by atoms with E-state index in [1.165, 1.54) is 0 Å². The summed E-state index contributed by atoms with van der Waals surface area (Å²) in [5, 5.41) is 6.29. The van der Waals surface area contributed by atoms with Gasteiger partial charge in [0, 0.05) is 51.2 Å². The number of para-hydroxylation sites is 1. The number of imidazole rings is 1. The third-order valence-corrected chi connectivity index (χ3v) is 7.32. The van der Waals surface area contributed by atoms with E-state index in [0.717, 1.165) is 46.1 Å². The average Bonchev–Trinajstić information content (AvgIpc) is 3.68. The molecule has 1 aliphatic heterocycles. The van der Waals surface area contributed by atoms with Crippen molar-refractivity contribution in [2.24, 2.45) is 12.1 Å². The van der Waals surface area contributed by atoms with Crippen molar-refractivity contribution >= 4 is 17.7 Å². The fourth-order valence-corrected chi connectivity index (χ4v) is 5.27. The minimum absolute atomic E-state index is 0. The van der Waals surface area contributed by atoms with Gasteiger partial charge in [0.1, 0.15) is 0 Å². The second-order valence-corrected chi connectivity index (χ2v) is 10.1. The molecule has 7 heteroatoms. The first kappa shape index (κ1) is 28.4. The van der Waals surface area contributed by atoms with Gasteiger partial charge in [0.25, 0.3) is 0 Å². The molecule has 1 aromatic heterocycles. The quantitative estimate of drug-likeness (QED) is 0.158. The zero-order chi connectivity index (χ0) is 28.3. The maximum absolute atomic E-state index is 6.26. The predicted molar refractivity (Wildman–Crippen MR) is 168 cm³/mol. The molecule has 0 saturated heterocycles. The van der Waals surface area contributed by atoms with Crippen LogP contribution >= 0.6 is 0 Å². The van der Waals surface area contributed by atoms with Crippen molar-refractivity contribution in [1.82, 2.24) is 9.55 Å². The van der Waals surface area contributed by atoms with E-state index in [4.69, 9.17) is 9.72 Å². The van der Waals surface area contributed by atoms with Crippen LogP contribution in [0.15, 0.2) is 126 Å². The van der Waals surface area contributed by atoms with Crippen LogP contribution in [0.2, 0.25) is 0 Å². The van der Waals surface area contributed by atoms with E-state index in [1.54, 1.807) is 11.3 Å². The Morgan fingerprint density at radius 1 is 0.837 bits per heavy atom. The molecule has 0 N–H and O–H groups in total. The van der Waals surface area contributed by atoms with Gasteiger partial charge in [-0.1, -0.05) is 84.6 Å². The molecule has 0 radical (unpaired) electrons. The van der Waals surface area contributed by atoms with Gasteiger partial charge in [-0.3, -0.25) is 4.98 Å². The van der Waals surface area contributed by atoms with Crippen LogP contribution in [0.3, 0.4) is 0 Å². The maximum atomic E-state index is 6.26. The molecule has 0 fully saturated rings. The van der Waals surface area contributed by atoms with Gasteiger partial charge >= 0.3 is 0 Å². The van der Waals surface area contributed by atoms with Gasteiger partial charge in [0.15, 0.2) is 0 Å². The van der Waals surface area contributed by atoms with E-state index >= 15 is 0 Å². The van der Waals surface area contributed by atoms with Crippen molar-refractivity contribution in [3.63, 3.8) is 0 Å². The third kappa shape index (κ3) is 5.97. The largest absolute Gasteiger partial charge is 0.503 e. The summed E-state index contributed by atoms with van der Waals surface area (Å²) >= 11 is 0. The molecule has 1 atom stereocenters. The Balaban J connectivity index is 0.00000329. The van der Waals surface area contributed by atoms with E-state index in [2.05, 4.69) is 77.4 Å². The topological polar surface area (TPSA) is 45.9 Å².